The Balaban J connectivity index is 4.14. The number of hydrogen-bond acceptors (Lipinski definition) is 2. The summed E-state index contributed by atoms with van der Waals surface area (Å²) >= 11 is 0. The molecule has 0 heterocycles. The number of urea groups is 1. The number of amides is 2. The molecule has 2 unspecified atom stereocenters. The normalized spacial score (nSPS) is 15.9. The largest absolute Gasteiger partial charge is 0.481 e. The Morgan fingerprint density at radius 1 is 1.28 bits per heavy atom. The number of aliphatic carboxylic acids is 1. The van der Waals surface area contributed by atoms with Gasteiger partial charge in [-0.05, 0) is 32.6 Å². The Morgan fingerprint density at radius 3 is 2.22 bits per heavy atom. The Bertz CT molecular complexity index is 292. The molecule has 0 aromatic rings. The molecule has 0 saturated carbocycles. The number of hydrogen-bond donors (Lipinski definition) is 3. The lowest BCUT2D eigenvalue weighted by Crippen LogP contribution is -2.47. The van der Waals surface area contributed by atoms with Crippen LogP contribution in [0.4, 0.5) is 4.79 Å². The van der Waals surface area contributed by atoms with Crippen LogP contribution < -0.4 is 10.6 Å². The average Bonchev–Trinajstić information content (AvgIpc) is 2.24. The van der Waals surface area contributed by atoms with Crippen molar-refractivity contribution in [2.75, 3.05) is 6.54 Å². The predicted octanol–water partition coefficient (Wildman–Crippen LogP) is 2.22. The van der Waals surface area contributed by atoms with Crippen LogP contribution in [0.5, 0.6) is 0 Å². The first-order valence-corrected chi connectivity index (χ1v) is 6.49. The highest BCUT2D eigenvalue weighted by molar-refractivity contribution is 5.77. The molecule has 0 aromatic carbocycles. The Morgan fingerprint density at radius 2 is 1.83 bits per heavy atom. The molecule has 0 radical (unpaired) electrons. The zero-order valence-corrected chi connectivity index (χ0v) is 12.0. The quantitative estimate of drug-likeness (QED) is 0.655. The van der Waals surface area contributed by atoms with Crippen LogP contribution in [-0.4, -0.2) is 29.7 Å². The van der Waals surface area contributed by atoms with Gasteiger partial charge < -0.3 is 15.7 Å². The van der Waals surface area contributed by atoms with Crippen LogP contribution in [0, 0.1) is 11.3 Å². The molecule has 0 aromatic heterocycles. The van der Waals surface area contributed by atoms with E-state index in [0.29, 0.717) is 12.3 Å². The average molecular weight is 258 g/mol. The number of carboxylic acid groups (broad SMARTS) is 1. The van der Waals surface area contributed by atoms with Gasteiger partial charge in [0.05, 0.1) is 5.41 Å². The fraction of sp³-hybridized carbons (Fsp3) is 0.846. The zero-order chi connectivity index (χ0) is 14.3. The summed E-state index contributed by atoms with van der Waals surface area (Å²) in [5.74, 6) is -0.374. The molecule has 0 bridgehead atoms. The first-order chi connectivity index (χ1) is 8.21. The van der Waals surface area contributed by atoms with E-state index in [1.54, 1.807) is 13.8 Å². The summed E-state index contributed by atoms with van der Waals surface area (Å²) in [6.45, 7) is 9.69. The number of nitrogens with one attached hydrogen (secondary N) is 2. The van der Waals surface area contributed by atoms with Crippen molar-refractivity contribution in [3.63, 3.8) is 0 Å². The maximum absolute atomic E-state index is 11.6. The molecule has 2 atom stereocenters. The Kier molecular flexibility index (Phi) is 6.73. The molecular weight excluding hydrogens is 232 g/mol. The summed E-state index contributed by atoms with van der Waals surface area (Å²) in [7, 11) is 0. The van der Waals surface area contributed by atoms with Crippen molar-refractivity contribution in [2.45, 2.75) is 53.5 Å². The van der Waals surface area contributed by atoms with Crippen molar-refractivity contribution in [1.82, 2.24) is 10.6 Å². The predicted molar refractivity (Wildman–Crippen MR) is 71.5 cm³/mol. The lowest BCUT2D eigenvalue weighted by atomic mass is 9.88. The van der Waals surface area contributed by atoms with Crippen molar-refractivity contribution in [3.05, 3.63) is 0 Å². The molecule has 0 aliphatic rings. The van der Waals surface area contributed by atoms with Crippen LogP contribution in [0.15, 0.2) is 0 Å². The minimum Gasteiger partial charge on any atom is -0.481 e. The van der Waals surface area contributed by atoms with Crippen LogP contribution in [0.3, 0.4) is 0 Å². The van der Waals surface area contributed by atoms with E-state index in [1.807, 2.05) is 6.92 Å². The van der Waals surface area contributed by atoms with Crippen LogP contribution in [0.25, 0.3) is 0 Å². The summed E-state index contributed by atoms with van der Waals surface area (Å²) in [5.41, 5.74) is -0.904. The highest BCUT2D eigenvalue weighted by Gasteiger charge is 2.31. The lowest BCUT2D eigenvalue weighted by molar-refractivity contribution is -0.147. The van der Waals surface area contributed by atoms with Gasteiger partial charge in [-0.1, -0.05) is 20.8 Å². The third-order valence-corrected chi connectivity index (χ3v) is 3.14. The van der Waals surface area contributed by atoms with Crippen LogP contribution in [0.2, 0.25) is 0 Å². The van der Waals surface area contributed by atoms with Gasteiger partial charge in [-0.15, -0.1) is 0 Å². The molecule has 3 N–H and O–H groups in total. The second kappa shape index (κ2) is 7.24. The number of carbonyl (C=O) groups excluding carboxylic acids is 1. The number of rotatable bonds is 7. The fourth-order valence-corrected chi connectivity index (χ4v) is 1.67. The van der Waals surface area contributed by atoms with E-state index in [9.17, 15) is 9.59 Å². The third kappa shape index (κ3) is 5.89. The summed E-state index contributed by atoms with van der Waals surface area (Å²) < 4.78 is 0. The van der Waals surface area contributed by atoms with Gasteiger partial charge in [-0.3, -0.25) is 4.79 Å². The fourth-order valence-electron chi connectivity index (χ4n) is 1.67. The second-order valence-corrected chi connectivity index (χ2v) is 5.58. The second-order valence-electron chi connectivity index (χ2n) is 5.58. The first-order valence-electron chi connectivity index (χ1n) is 6.49. The lowest BCUT2D eigenvalue weighted by Gasteiger charge is -2.24. The number of carboxylic acids is 1. The molecule has 5 nitrogen and oxygen atoms in total. The summed E-state index contributed by atoms with van der Waals surface area (Å²) in [5, 5.41) is 14.5. The smallest absolute Gasteiger partial charge is 0.315 e. The van der Waals surface area contributed by atoms with E-state index in [1.165, 1.54) is 0 Å². The number of carbonyl (C=O) groups is 2. The summed E-state index contributed by atoms with van der Waals surface area (Å²) in [4.78, 5) is 22.7. The van der Waals surface area contributed by atoms with E-state index >= 15 is 0 Å². The van der Waals surface area contributed by atoms with E-state index in [0.717, 1.165) is 6.42 Å². The van der Waals surface area contributed by atoms with Crippen molar-refractivity contribution >= 4 is 12.0 Å². The van der Waals surface area contributed by atoms with Gasteiger partial charge in [0.25, 0.3) is 0 Å². The highest BCUT2D eigenvalue weighted by atomic mass is 16.4. The van der Waals surface area contributed by atoms with E-state index < -0.39 is 11.4 Å². The minimum atomic E-state index is -0.904. The summed E-state index contributed by atoms with van der Waals surface area (Å²) in [6.07, 6.45) is 1.38. The molecule has 0 aliphatic carbocycles. The van der Waals surface area contributed by atoms with Gasteiger partial charge in [0.1, 0.15) is 0 Å². The first kappa shape index (κ1) is 16.7. The maximum Gasteiger partial charge on any atom is 0.315 e. The van der Waals surface area contributed by atoms with E-state index in [4.69, 9.17) is 5.11 Å². The summed E-state index contributed by atoms with van der Waals surface area (Å²) in [6, 6.07) is -0.216. The molecule has 0 fully saturated rings. The Labute approximate surface area is 109 Å². The molecule has 18 heavy (non-hydrogen) atoms. The molecule has 0 rings (SSSR count). The topological polar surface area (TPSA) is 78.4 Å². The molecule has 106 valence electrons. The monoisotopic (exact) mass is 258 g/mol. The van der Waals surface area contributed by atoms with Crippen molar-refractivity contribution in [1.29, 1.82) is 0 Å². The van der Waals surface area contributed by atoms with Gasteiger partial charge in [0.2, 0.25) is 0 Å². The molecule has 0 aliphatic heterocycles. The van der Waals surface area contributed by atoms with Crippen LogP contribution >= 0.6 is 0 Å². The van der Waals surface area contributed by atoms with Gasteiger partial charge in [-0.25, -0.2) is 4.79 Å². The Hall–Kier alpha value is -1.26. The molecule has 2 amide bonds. The van der Waals surface area contributed by atoms with Gasteiger partial charge in [-0.2, -0.15) is 0 Å². The zero-order valence-electron chi connectivity index (χ0n) is 12.0. The minimum absolute atomic E-state index is 0.0858. The standard InChI is InChI=1S/C13H26N2O3/c1-6-13(5,11(16)17)8-14-12(18)15-10(4)7-9(2)3/h9-10H,6-8H2,1-5H3,(H,16,17)(H2,14,15,18). The highest BCUT2D eigenvalue weighted by Crippen LogP contribution is 2.19. The van der Waals surface area contributed by atoms with E-state index in [-0.39, 0.29) is 18.6 Å². The molecule has 0 saturated heterocycles. The maximum atomic E-state index is 11.6. The molecule has 0 spiro atoms. The molecular formula is C13H26N2O3. The van der Waals surface area contributed by atoms with Crippen molar-refractivity contribution in [2.24, 2.45) is 11.3 Å². The SMILES string of the molecule is CCC(C)(CNC(=O)NC(C)CC(C)C)C(=O)O. The van der Waals surface area contributed by atoms with Crippen LogP contribution in [-0.2, 0) is 4.79 Å². The third-order valence-electron chi connectivity index (χ3n) is 3.14. The van der Waals surface area contributed by atoms with Crippen LogP contribution in [0.1, 0.15) is 47.5 Å². The van der Waals surface area contributed by atoms with Gasteiger partial charge >= 0.3 is 12.0 Å². The van der Waals surface area contributed by atoms with Crippen molar-refractivity contribution in [3.8, 4) is 0 Å². The van der Waals surface area contributed by atoms with Gasteiger partial charge in [0.15, 0.2) is 0 Å². The molecule has 5 heteroatoms. The van der Waals surface area contributed by atoms with E-state index in [2.05, 4.69) is 24.5 Å². The van der Waals surface area contributed by atoms with Crippen molar-refractivity contribution < 1.29 is 14.7 Å². The van der Waals surface area contributed by atoms with Gasteiger partial charge in [0, 0.05) is 12.6 Å².